The van der Waals surface area contributed by atoms with Crippen molar-refractivity contribution < 1.29 is 9.47 Å². The van der Waals surface area contributed by atoms with Crippen LogP contribution < -0.4 is 0 Å². The number of nitrogens with zero attached hydrogens (tertiary/aromatic N) is 1. The van der Waals surface area contributed by atoms with Gasteiger partial charge in [0, 0.05) is 12.1 Å². The van der Waals surface area contributed by atoms with E-state index in [1.54, 1.807) is 6.20 Å². The third-order valence-corrected chi connectivity index (χ3v) is 1.72. The lowest BCUT2D eigenvalue weighted by molar-refractivity contribution is 0.0447. The third-order valence-electron chi connectivity index (χ3n) is 1.57. The average molecular weight is 216 g/mol. The molecule has 0 fully saturated rings. The highest BCUT2D eigenvalue weighted by atomic mass is 35.5. The predicted molar refractivity (Wildman–Crippen MR) is 55.4 cm³/mol. The highest BCUT2D eigenvalue weighted by molar-refractivity contribution is 6.17. The first-order valence-corrected chi connectivity index (χ1v) is 5.08. The van der Waals surface area contributed by atoms with E-state index >= 15 is 0 Å². The van der Waals surface area contributed by atoms with Crippen molar-refractivity contribution in [2.75, 3.05) is 25.7 Å². The molecule has 0 aliphatic rings. The van der Waals surface area contributed by atoms with E-state index in [4.69, 9.17) is 21.1 Å². The van der Waals surface area contributed by atoms with Crippen LogP contribution in [-0.2, 0) is 16.1 Å². The average Bonchev–Trinajstić information content (AvgIpc) is 2.25. The molecule has 1 rings (SSSR count). The molecule has 0 aromatic carbocycles. The Hall–Kier alpha value is -0.640. The minimum Gasteiger partial charge on any atom is -0.378 e. The van der Waals surface area contributed by atoms with Crippen LogP contribution in [0, 0.1) is 0 Å². The number of ether oxygens (including phenoxy) is 2. The largest absolute Gasteiger partial charge is 0.378 e. The number of alkyl halides is 1. The zero-order chi connectivity index (χ0) is 10.1. The number of hydrogen-bond acceptors (Lipinski definition) is 3. The monoisotopic (exact) mass is 215 g/mol. The molecule has 78 valence electrons. The van der Waals surface area contributed by atoms with E-state index in [9.17, 15) is 0 Å². The van der Waals surface area contributed by atoms with Gasteiger partial charge >= 0.3 is 0 Å². The van der Waals surface area contributed by atoms with Crippen LogP contribution in [0.3, 0.4) is 0 Å². The quantitative estimate of drug-likeness (QED) is 0.514. The summed E-state index contributed by atoms with van der Waals surface area (Å²) in [6, 6.07) is 5.75. The number of rotatable bonds is 7. The van der Waals surface area contributed by atoms with Gasteiger partial charge in [-0.15, -0.1) is 11.6 Å². The Morgan fingerprint density at radius 1 is 1.14 bits per heavy atom. The van der Waals surface area contributed by atoms with Gasteiger partial charge in [0.25, 0.3) is 0 Å². The van der Waals surface area contributed by atoms with Gasteiger partial charge < -0.3 is 9.47 Å². The smallest absolute Gasteiger partial charge is 0.0889 e. The molecule has 0 aliphatic carbocycles. The second-order valence-corrected chi connectivity index (χ2v) is 3.05. The van der Waals surface area contributed by atoms with E-state index in [-0.39, 0.29) is 0 Å². The van der Waals surface area contributed by atoms with Gasteiger partial charge in [-0.1, -0.05) is 6.07 Å². The number of halogens is 1. The van der Waals surface area contributed by atoms with Crippen LogP contribution in [0.2, 0.25) is 0 Å². The lowest BCUT2D eigenvalue weighted by Crippen LogP contribution is -2.06. The van der Waals surface area contributed by atoms with Crippen molar-refractivity contribution in [2.24, 2.45) is 0 Å². The van der Waals surface area contributed by atoms with Gasteiger partial charge in [0.2, 0.25) is 0 Å². The Balaban J connectivity index is 1.99. The van der Waals surface area contributed by atoms with Crippen molar-refractivity contribution >= 4 is 11.6 Å². The first-order valence-electron chi connectivity index (χ1n) is 4.55. The van der Waals surface area contributed by atoms with E-state index in [0.29, 0.717) is 32.3 Å². The van der Waals surface area contributed by atoms with Crippen LogP contribution in [-0.4, -0.2) is 30.7 Å². The fraction of sp³-hybridized carbons (Fsp3) is 0.500. The molecule has 0 N–H and O–H groups in total. The molecule has 1 aromatic heterocycles. The maximum atomic E-state index is 5.43. The maximum Gasteiger partial charge on any atom is 0.0889 e. The Kier molecular flexibility index (Phi) is 6.32. The molecule has 1 heterocycles. The van der Waals surface area contributed by atoms with Gasteiger partial charge in [-0.3, -0.25) is 4.98 Å². The molecule has 0 saturated carbocycles. The van der Waals surface area contributed by atoms with Gasteiger partial charge in [0.1, 0.15) is 0 Å². The topological polar surface area (TPSA) is 31.4 Å². The molecular weight excluding hydrogens is 202 g/mol. The molecule has 4 heteroatoms. The predicted octanol–water partition coefficient (Wildman–Crippen LogP) is 1.85. The molecule has 0 aliphatic heterocycles. The first-order chi connectivity index (χ1) is 6.93. The van der Waals surface area contributed by atoms with Crippen molar-refractivity contribution in [2.45, 2.75) is 6.61 Å². The Morgan fingerprint density at radius 3 is 2.71 bits per heavy atom. The lowest BCUT2D eigenvalue weighted by atomic mass is 10.4. The van der Waals surface area contributed by atoms with Crippen LogP contribution in [0.25, 0.3) is 0 Å². The van der Waals surface area contributed by atoms with Gasteiger partial charge in [0.15, 0.2) is 0 Å². The number of aromatic nitrogens is 1. The van der Waals surface area contributed by atoms with E-state index in [1.165, 1.54) is 0 Å². The number of pyridine rings is 1. The van der Waals surface area contributed by atoms with Crippen molar-refractivity contribution in [3.05, 3.63) is 30.1 Å². The molecule has 3 nitrogen and oxygen atoms in total. The van der Waals surface area contributed by atoms with Crippen molar-refractivity contribution in [1.82, 2.24) is 4.98 Å². The maximum absolute atomic E-state index is 5.43. The molecule has 0 amide bonds. The van der Waals surface area contributed by atoms with Gasteiger partial charge in [0.05, 0.1) is 32.1 Å². The normalized spacial score (nSPS) is 10.4. The molecule has 0 radical (unpaired) electrons. The summed E-state index contributed by atoms with van der Waals surface area (Å²) in [6.45, 7) is 2.27. The SMILES string of the molecule is ClCCOCCOCc1ccccn1. The summed E-state index contributed by atoms with van der Waals surface area (Å²) in [5, 5.41) is 0. The summed E-state index contributed by atoms with van der Waals surface area (Å²) in [6.07, 6.45) is 1.75. The number of hydrogen-bond donors (Lipinski definition) is 0. The van der Waals surface area contributed by atoms with Crippen molar-refractivity contribution in [1.29, 1.82) is 0 Å². The molecule has 0 unspecified atom stereocenters. The fourth-order valence-electron chi connectivity index (χ4n) is 0.935. The zero-order valence-electron chi connectivity index (χ0n) is 7.99. The van der Waals surface area contributed by atoms with Crippen molar-refractivity contribution in [3.63, 3.8) is 0 Å². The zero-order valence-corrected chi connectivity index (χ0v) is 8.74. The third kappa shape index (κ3) is 5.17. The van der Waals surface area contributed by atoms with E-state index < -0.39 is 0 Å². The second kappa shape index (κ2) is 7.74. The van der Waals surface area contributed by atoms with Gasteiger partial charge in [-0.25, -0.2) is 0 Å². The second-order valence-electron chi connectivity index (χ2n) is 2.68. The highest BCUT2D eigenvalue weighted by Crippen LogP contribution is 1.95. The lowest BCUT2D eigenvalue weighted by Gasteiger charge is -2.03. The summed E-state index contributed by atoms with van der Waals surface area (Å²) in [7, 11) is 0. The first kappa shape index (κ1) is 11.4. The molecular formula is C10H14ClNO2. The molecule has 1 aromatic rings. The van der Waals surface area contributed by atoms with E-state index in [2.05, 4.69) is 4.98 Å². The molecule has 14 heavy (non-hydrogen) atoms. The fourth-order valence-corrected chi connectivity index (χ4v) is 1.04. The van der Waals surface area contributed by atoms with Gasteiger partial charge in [-0.2, -0.15) is 0 Å². The van der Waals surface area contributed by atoms with Crippen LogP contribution in [0.15, 0.2) is 24.4 Å². The molecule has 0 bridgehead atoms. The minimum absolute atomic E-state index is 0.528. The minimum atomic E-state index is 0.528. The van der Waals surface area contributed by atoms with E-state index in [0.717, 1.165) is 5.69 Å². The highest BCUT2D eigenvalue weighted by Gasteiger charge is 1.92. The van der Waals surface area contributed by atoms with Crippen LogP contribution in [0.4, 0.5) is 0 Å². The Morgan fingerprint density at radius 2 is 2.00 bits per heavy atom. The molecule has 0 atom stereocenters. The van der Waals surface area contributed by atoms with Gasteiger partial charge in [-0.05, 0) is 12.1 Å². The summed E-state index contributed by atoms with van der Waals surface area (Å²) < 4.78 is 10.5. The van der Waals surface area contributed by atoms with Crippen LogP contribution in [0.1, 0.15) is 5.69 Å². The standard InChI is InChI=1S/C10H14ClNO2/c11-4-6-13-7-8-14-9-10-3-1-2-5-12-10/h1-3,5H,4,6-9H2. The van der Waals surface area contributed by atoms with E-state index in [1.807, 2.05) is 18.2 Å². The molecule has 0 saturated heterocycles. The summed E-state index contributed by atoms with van der Waals surface area (Å²) in [5.74, 6) is 0.528. The van der Waals surface area contributed by atoms with Crippen LogP contribution >= 0.6 is 11.6 Å². The Bertz CT molecular complexity index is 231. The van der Waals surface area contributed by atoms with Crippen molar-refractivity contribution in [3.8, 4) is 0 Å². The summed E-state index contributed by atoms with van der Waals surface area (Å²) >= 11 is 5.43. The summed E-state index contributed by atoms with van der Waals surface area (Å²) in [5.41, 5.74) is 0.935. The summed E-state index contributed by atoms with van der Waals surface area (Å²) in [4.78, 5) is 4.13. The Labute approximate surface area is 89.0 Å². The van der Waals surface area contributed by atoms with Crippen LogP contribution in [0.5, 0.6) is 0 Å². The molecule has 0 spiro atoms.